The minimum Gasteiger partial charge on any atom is -0.495 e. The number of aromatic nitrogens is 1. The number of benzene rings is 1. The lowest BCUT2D eigenvalue weighted by molar-refractivity contribution is 0.0685. The molecule has 1 N–H and O–H groups in total. The quantitative estimate of drug-likeness (QED) is 0.932. The number of halogens is 2. The van der Waals surface area contributed by atoms with Crippen LogP contribution in [0.25, 0.3) is 11.3 Å². The van der Waals surface area contributed by atoms with Gasteiger partial charge in [0.25, 0.3) is 0 Å². The number of methoxy groups -OCH3 is 1. The minimum absolute atomic E-state index is 0.183. The van der Waals surface area contributed by atoms with Gasteiger partial charge in [0.15, 0.2) is 5.76 Å². The van der Waals surface area contributed by atoms with E-state index in [1.165, 1.54) is 7.11 Å². The Hall–Kier alpha value is -1.53. The summed E-state index contributed by atoms with van der Waals surface area (Å²) < 4.78 is 10.3. The Labute approximate surface area is 115 Å². The van der Waals surface area contributed by atoms with Crippen LogP contribution in [0.15, 0.2) is 27.2 Å². The second-order valence-corrected chi connectivity index (χ2v) is 4.53. The Bertz CT molecular complexity index is 611. The number of ether oxygens (including phenoxy) is 1. The average Bonchev–Trinajstić information content (AvgIpc) is 2.71. The molecule has 0 atom stereocenters. The molecule has 0 unspecified atom stereocenters. The molecule has 0 spiro atoms. The number of nitrogens with zero attached hydrogens (tertiary/aromatic N) is 1. The number of aromatic carboxylic acids is 1. The fraction of sp³-hybridized carbons (Fsp3) is 0.0909. The zero-order chi connectivity index (χ0) is 13.3. The number of carboxylic acids is 1. The largest absolute Gasteiger partial charge is 0.495 e. The van der Waals surface area contributed by atoms with Gasteiger partial charge in [0, 0.05) is 5.56 Å². The summed E-state index contributed by atoms with van der Waals surface area (Å²) in [5.41, 5.74) is 0.421. The number of carbonyl (C=O) groups is 1. The van der Waals surface area contributed by atoms with Crippen molar-refractivity contribution in [1.29, 1.82) is 0 Å². The van der Waals surface area contributed by atoms with Crippen LogP contribution in [0.1, 0.15) is 10.5 Å². The highest BCUT2D eigenvalue weighted by atomic mass is 79.9. The fourth-order valence-corrected chi connectivity index (χ4v) is 2.20. The van der Waals surface area contributed by atoms with Crippen molar-refractivity contribution >= 4 is 33.5 Å². The molecule has 0 radical (unpaired) electrons. The molecule has 7 heteroatoms. The molecule has 2 rings (SSSR count). The summed E-state index contributed by atoms with van der Waals surface area (Å²) in [5.74, 6) is -0.344. The molecule has 1 heterocycles. The predicted octanol–water partition coefficient (Wildman–Crippen LogP) is 3.46. The van der Waals surface area contributed by atoms with E-state index in [-0.39, 0.29) is 10.2 Å². The van der Waals surface area contributed by atoms with E-state index < -0.39 is 5.97 Å². The van der Waals surface area contributed by atoms with Gasteiger partial charge < -0.3 is 14.4 Å². The van der Waals surface area contributed by atoms with Gasteiger partial charge in [-0.15, -0.1) is 0 Å². The molecule has 1 aromatic carbocycles. The summed E-state index contributed by atoms with van der Waals surface area (Å²) >= 11 is 9.12. The highest BCUT2D eigenvalue weighted by Crippen LogP contribution is 2.35. The first kappa shape index (κ1) is 12.9. The van der Waals surface area contributed by atoms with Gasteiger partial charge in [0.1, 0.15) is 10.2 Å². The molecule has 2 aromatic rings. The van der Waals surface area contributed by atoms with Crippen LogP contribution in [0.2, 0.25) is 5.02 Å². The van der Waals surface area contributed by atoms with E-state index in [4.69, 9.17) is 26.0 Å². The second kappa shape index (κ2) is 4.99. The SMILES string of the molecule is COc1ccc(-c2onc(C(=O)O)c2Br)cc1Cl. The van der Waals surface area contributed by atoms with Gasteiger partial charge in [-0.25, -0.2) is 4.79 Å². The maximum Gasteiger partial charge on any atom is 0.359 e. The van der Waals surface area contributed by atoms with Crippen molar-refractivity contribution in [3.8, 4) is 17.1 Å². The van der Waals surface area contributed by atoms with Crippen LogP contribution >= 0.6 is 27.5 Å². The normalized spacial score (nSPS) is 10.4. The standard InChI is InChI=1S/C11H7BrClNO4/c1-17-7-3-2-5(4-6(7)13)10-8(12)9(11(15)16)14-18-10/h2-4H,1H3,(H,15,16). The third kappa shape index (κ3) is 2.21. The van der Waals surface area contributed by atoms with Crippen LogP contribution in [-0.4, -0.2) is 23.3 Å². The van der Waals surface area contributed by atoms with E-state index >= 15 is 0 Å². The Morgan fingerprint density at radius 2 is 2.28 bits per heavy atom. The first-order valence-corrected chi connectivity index (χ1v) is 5.94. The fourth-order valence-electron chi connectivity index (χ4n) is 1.40. The number of rotatable bonds is 3. The van der Waals surface area contributed by atoms with Crippen LogP contribution < -0.4 is 4.74 Å². The van der Waals surface area contributed by atoms with Crippen LogP contribution in [-0.2, 0) is 0 Å². The van der Waals surface area contributed by atoms with Crippen molar-refractivity contribution in [3.05, 3.63) is 33.4 Å². The summed E-state index contributed by atoms with van der Waals surface area (Å²) in [5, 5.41) is 12.7. The van der Waals surface area contributed by atoms with Gasteiger partial charge in [-0.1, -0.05) is 16.8 Å². The Kier molecular flexibility index (Phi) is 3.58. The van der Waals surface area contributed by atoms with Crippen molar-refractivity contribution < 1.29 is 19.2 Å². The second-order valence-electron chi connectivity index (χ2n) is 3.33. The molecule has 0 aliphatic carbocycles. The zero-order valence-electron chi connectivity index (χ0n) is 9.11. The summed E-state index contributed by atoms with van der Waals surface area (Å²) in [7, 11) is 1.51. The molecular weight excluding hydrogens is 325 g/mol. The van der Waals surface area contributed by atoms with E-state index in [2.05, 4.69) is 21.1 Å². The van der Waals surface area contributed by atoms with E-state index in [9.17, 15) is 4.79 Å². The number of carboxylic acid groups (broad SMARTS) is 1. The molecule has 0 bridgehead atoms. The maximum atomic E-state index is 10.8. The molecule has 0 aliphatic rings. The van der Waals surface area contributed by atoms with Gasteiger partial charge >= 0.3 is 5.97 Å². The topological polar surface area (TPSA) is 72.6 Å². The Balaban J connectivity index is 2.49. The number of hydrogen-bond acceptors (Lipinski definition) is 4. The summed E-state index contributed by atoms with van der Waals surface area (Å²) in [6, 6.07) is 4.96. The van der Waals surface area contributed by atoms with E-state index in [1.54, 1.807) is 18.2 Å². The highest BCUT2D eigenvalue weighted by molar-refractivity contribution is 9.10. The lowest BCUT2D eigenvalue weighted by Crippen LogP contribution is -1.96. The minimum atomic E-state index is -1.17. The van der Waals surface area contributed by atoms with Crippen LogP contribution in [0, 0.1) is 0 Å². The molecule has 0 saturated carbocycles. The predicted molar refractivity (Wildman–Crippen MR) is 68.2 cm³/mol. The monoisotopic (exact) mass is 331 g/mol. The first-order chi connectivity index (χ1) is 8.54. The molecular formula is C11H7BrClNO4. The summed E-state index contributed by atoms with van der Waals surface area (Å²) in [4.78, 5) is 10.8. The molecule has 0 amide bonds. The molecule has 94 valence electrons. The Morgan fingerprint density at radius 1 is 1.56 bits per heavy atom. The molecule has 1 aromatic heterocycles. The summed E-state index contributed by atoms with van der Waals surface area (Å²) in [6.07, 6.45) is 0. The molecule has 0 aliphatic heterocycles. The van der Waals surface area contributed by atoms with E-state index in [1.807, 2.05) is 0 Å². The van der Waals surface area contributed by atoms with Crippen LogP contribution in [0.4, 0.5) is 0 Å². The van der Waals surface area contributed by atoms with Gasteiger partial charge in [0.2, 0.25) is 5.69 Å². The van der Waals surface area contributed by atoms with Crippen molar-refractivity contribution in [3.63, 3.8) is 0 Å². The molecule has 0 fully saturated rings. The zero-order valence-corrected chi connectivity index (χ0v) is 11.4. The molecule has 18 heavy (non-hydrogen) atoms. The third-order valence-electron chi connectivity index (χ3n) is 2.25. The maximum absolute atomic E-state index is 10.8. The number of hydrogen-bond donors (Lipinski definition) is 1. The molecule has 5 nitrogen and oxygen atoms in total. The summed E-state index contributed by atoms with van der Waals surface area (Å²) in [6.45, 7) is 0. The smallest absolute Gasteiger partial charge is 0.359 e. The highest BCUT2D eigenvalue weighted by Gasteiger charge is 2.20. The molecule has 0 saturated heterocycles. The Morgan fingerprint density at radius 3 is 2.78 bits per heavy atom. The van der Waals surface area contributed by atoms with E-state index in [0.717, 1.165) is 0 Å². The average molecular weight is 333 g/mol. The van der Waals surface area contributed by atoms with Gasteiger partial charge in [-0.3, -0.25) is 0 Å². The third-order valence-corrected chi connectivity index (χ3v) is 3.28. The van der Waals surface area contributed by atoms with Crippen LogP contribution in [0.3, 0.4) is 0 Å². The van der Waals surface area contributed by atoms with Crippen molar-refractivity contribution in [2.45, 2.75) is 0 Å². The van der Waals surface area contributed by atoms with Crippen molar-refractivity contribution in [1.82, 2.24) is 5.16 Å². The van der Waals surface area contributed by atoms with Gasteiger partial charge in [0.05, 0.1) is 12.1 Å². The lowest BCUT2D eigenvalue weighted by Gasteiger charge is -2.03. The van der Waals surface area contributed by atoms with E-state index in [0.29, 0.717) is 22.1 Å². The van der Waals surface area contributed by atoms with Crippen LogP contribution in [0.5, 0.6) is 5.75 Å². The lowest BCUT2D eigenvalue weighted by atomic mass is 10.1. The van der Waals surface area contributed by atoms with Crippen molar-refractivity contribution in [2.75, 3.05) is 7.11 Å². The van der Waals surface area contributed by atoms with Crippen molar-refractivity contribution in [2.24, 2.45) is 0 Å². The van der Waals surface area contributed by atoms with Gasteiger partial charge in [-0.05, 0) is 34.1 Å². The first-order valence-electron chi connectivity index (χ1n) is 4.77. The van der Waals surface area contributed by atoms with Gasteiger partial charge in [-0.2, -0.15) is 0 Å².